The molecule has 2 aromatic carbocycles. The molecular formula is C17H13BrFIO3. The van der Waals surface area contributed by atoms with Gasteiger partial charge in [-0.25, -0.2) is 4.39 Å². The Morgan fingerprint density at radius 2 is 1.91 bits per heavy atom. The van der Waals surface area contributed by atoms with Crippen molar-refractivity contribution in [2.45, 2.75) is 5.92 Å². The van der Waals surface area contributed by atoms with E-state index >= 15 is 0 Å². The van der Waals surface area contributed by atoms with Gasteiger partial charge in [-0.2, -0.15) is 0 Å². The van der Waals surface area contributed by atoms with Gasteiger partial charge in [0, 0.05) is 10.0 Å². The standard InChI is InChI=1S/C17H13BrFIO3/c1-10(11-3-6-13(19)7-4-11)16(17(21)22-2)14-9-12(18)5-8-15(14)23-20/h3-9,16H,1H2,2H3. The van der Waals surface area contributed by atoms with Crippen molar-refractivity contribution >= 4 is 50.5 Å². The molecule has 6 heteroatoms. The molecule has 1 atom stereocenters. The number of esters is 1. The van der Waals surface area contributed by atoms with Crippen LogP contribution in [0.4, 0.5) is 4.39 Å². The van der Waals surface area contributed by atoms with Gasteiger partial charge in [0.2, 0.25) is 0 Å². The lowest BCUT2D eigenvalue weighted by Gasteiger charge is -2.20. The second kappa shape index (κ2) is 7.92. The number of halogens is 3. The molecule has 0 fully saturated rings. The zero-order valence-corrected chi connectivity index (χ0v) is 15.9. The predicted molar refractivity (Wildman–Crippen MR) is 99.0 cm³/mol. The van der Waals surface area contributed by atoms with E-state index in [9.17, 15) is 9.18 Å². The number of rotatable bonds is 5. The highest BCUT2D eigenvalue weighted by atomic mass is 127. The van der Waals surface area contributed by atoms with Gasteiger partial charge in [-0.1, -0.05) is 34.6 Å². The van der Waals surface area contributed by atoms with E-state index in [1.165, 1.54) is 19.2 Å². The molecule has 0 N–H and O–H groups in total. The fraction of sp³-hybridized carbons (Fsp3) is 0.118. The Hall–Kier alpha value is -1.41. The van der Waals surface area contributed by atoms with Crippen LogP contribution in [0.2, 0.25) is 0 Å². The molecule has 0 bridgehead atoms. The molecule has 0 saturated carbocycles. The molecule has 0 aromatic heterocycles. The van der Waals surface area contributed by atoms with Gasteiger partial charge in [0.15, 0.2) is 23.0 Å². The van der Waals surface area contributed by atoms with Crippen LogP contribution < -0.4 is 3.07 Å². The third-order valence-corrected chi connectivity index (χ3v) is 4.33. The Kier molecular flexibility index (Phi) is 6.17. The van der Waals surface area contributed by atoms with Gasteiger partial charge >= 0.3 is 5.97 Å². The smallest absolute Gasteiger partial charge is 0.317 e. The lowest BCUT2D eigenvalue weighted by atomic mass is 9.87. The molecule has 120 valence electrons. The molecule has 23 heavy (non-hydrogen) atoms. The van der Waals surface area contributed by atoms with E-state index in [0.29, 0.717) is 22.4 Å². The van der Waals surface area contributed by atoms with Gasteiger partial charge in [0.05, 0.1) is 7.11 Å². The van der Waals surface area contributed by atoms with Crippen LogP contribution in [-0.4, -0.2) is 13.1 Å². The predicted octanol–water partition coefficient (Wildman–Crippen LogP) is 5.29. The highest BCUT2D eigenvalue weighted by molar-refractivity contribution is 14.1. The summed E-state index contributed by atoms with van der Waals surface area (Å²) < 4.78 is 24.2. The molecule has 0 saturated heterocycles. The van der Waals surface area contributed by atoms with Crippen LogP contribution in [0.25, 0.3) is 5.57 Å². The zero-order chi connectivity index (χ0) is 17.0. The molecule has 2 aromatic rings. The molecule has 0 amide bonds. The van der Waals surface area contributed by atoms with E-state index in [1.54, 1.807) is 47.3 Å². The Morgan fingerprint density at radius 1 is 1.26 bits per heavy atom. The second-order valence-electron chi connectivity index (χ2n) is 4.75. The maximum absolute atomic E-state index is 13.1. The second-order valence-corrected chi connectivity index (χ2v) is 6.10. The van der Waals surface area contributed by atoms with E-state index in [0.717, 1.165) is 4.47 Å². The van der Waals surface area contributed by atoms with Crippen LogP contribution in [0, 0.1) is 5.82 Å². The summed E-state index contributed by atoms with van der Waals surface area (Å²) >= 11 is 5.15. The number of carbonyl (C=O) groups is 1. The van der Waals surface area contributed by atoms with E-state index < -0.39 is 11.9 Å². The van der Waals surface area contributed by atoms with Crippen molar-refractivity contribution in [3.8, 4) is 5.75 Å². The summed E-state index contributed by atoms with van der Waals surface area (Å²) in [6.45, 7) is 4.01. The number of benzene rings is 2. The SMILES string of the molecule is C=C(c1ccc(F)cc1)C(C(=O)OC)c1cc(Br)ccc1OI. The van der Waals surface area contributed by atoms with Gasteiger partial charge in [0.1, 0.15) is 17.5 Å². The van der Waals surface area contributed by atoms with Crippen LogP contribution in [0.15, 0.2) is 53.5 Å². The van der Waals surface area contributed by atoms with E-state index in [2.05, 4.69) is 22.5 Å². The van der Waals surface area contributed by atoms with Crippen molar-refractivity contribution in [1.29, 1.82) is 0 Å². The molecule has 0 aliphatic rings. The summed E-state index contributed by atoms with van der Waals surface area (Å²) in [5.74, 6) is -1.04. The molecule has 0 aliphatic carbocycles. The van der Waals surface area contributed by atoms with Gasteiger partial charge in [-0.15, -0.1) is 0 Å². The molecule has 0 spiro atoms. The zero-order valence-electron chi connectivity index (χ0n) is 12.2. The minimum atomic E-state index is -0.757. The number of methoxy groups -OCH3 is 1. The minimum Gasteiger partial charge on any atom is -0.468 e. The van der Waals surface area contributed by atoms with Crippen molar-refractivity contribution in [3.63, 3.8) is 0 Å². The Morgan fingerprint density at radius 3 is 2.48 bits per heavy atom. The van der Waals surface area contributed by atoms with Gasteiger partial charge in [-0.05, 0) is 41.5 Å². The maximum Gasteiger partial charge on any atom is 0.317 e. The summed E-state index contributed by atoms with van der Waals surface area (Å²) in [5.41, 5.74) is 1.78. The third-order valence-electron chi connectivity index (χ3n) is 3.37. The third kappa shape index (κ3) is 4.11. The number of hydrogen-bond donors (Lipinski definition) is 0. The van der Waals surface area contributed by atoms with Gasteiger partial charge in [-0.3, -0.25) is 4.79 Å². The highest BCUT2D eigenvalue weighted by Gasteiger charge is 2.29. The van der Waals surface area contributed by atoms with Crippen LogP contribution in [-0.2, 0) is 9.53 Å². The first-order chi connectivity index (χ1) is 11.0. The first kappa shape index (κ1) is 17.9. The number of ether oxygens (including phenoxy) is 1. The van der Waals surface area contributed by atoms with Crippen LogP contribution in [0.3, 0.4) is 0 Å². The molecule has 3 nitrogen and oxygen atoms in total. The Balaban J connectivity index is 2.54. The number of carbonyl (C=O) groups excluding carboxylic acids is 1. The summed E-state index contributed by atoms with van der Waals surface area (Å²) in [4.78, 5) is 12.3. The topological polar surface area (TPSA) is 35.5 Å². The van der Waals surface area contributed by atoms with Gasteiger partial charge < -0.3 is 7.80 Å². The average molecular weight is 491 g/mol. The molecule has 0 aliphatic heterocycles. The largest absolute Gasteiger partial charge is 0.468 e. The quantitative estimate of drug-likeness (QED) is 0.422. The molecule has 0 radical (unpaired) electrons. The summed E-state index contributed by atoms with van der Waals surface area (Å²) in [6, 6.07) is 11.2. The highest BCUT2D eigenvalue weighted by Crippen LogP contribution is 2.39. The fourth-order valence-electron chi connectivity index (χ4n) is 2.22. The normalized spacial score (nSPS) is 11.7. The summed E-state index contributed by atoms with van der Waals surface area (Å²) in [6.07, 6.45) is 0. The molecular weight excluding hydrogens is 478 g/mol. The van der Waals surface area contributed by atoms with Crippen LogP contribution in [0.5, 0.6) is 5.75 Å². The molecule has 0 heterocycles. The summed E-state index contributed by atoms with van der Waals surface area (Å²) in [5, 5.41) is 0. The Bertz CT molecular complexity index is 731. The van der Waals surface area contributed by atoms with Crippen molar-refractivity contribution in [1.82, 2.24) is 0 Å². The van der Waals surface area contributed by atoms with Crippen molar-refractivity contribution in [2.75, 3.05) is 7.11 Å². The molecule has 1 unspecified atom stereocenters. The lowest BCUT2D eigenvalue weighted by molar-refractivity contribution is -0.140. The summed E-state index contributed by atoms with van der Waals surface area (Å²) in [7, 11) is 1.32. The first-order valence-corrected chi connectivity index (χ1v) is 8.26. The maximum atomic E-state index is 13.1. The Labute approximate surface area is 156 Å². The van der Waals surface area contributed by atoms with Crippen LogP contribution >= 0.6 is 38.9 Å². The van der Waals surface area contributed by atoms with Crippen molar-refractivity contribution in [3.05, 3.63) is 70.5 Å². The lowest BCUT2D eigenvalue weighted by Crippen LogP contribution is -2.16. The van der Waals surface area contributed by atoms with Crippen molar-refractivity contribution in [2.24, 2.45) is 0 Å². The van der Waals surface area contributed by atoms with E-state index in [-0.39, 0.29) is 5.82 Å². The van der Waals surface area contributed by atoms with E-state index in [1.807, 2.05) is 6.07 Å². The monoisotopic (exact) mass is 490 g/mol. The fourth-order valence-corrected chi connectivity index (χ4v) is 3.00. The van der Waals surface area contributed by atoms with Gasteiger partial charge in [0.25, 0.3) is 0 Å². The average Bonchev–Trinajstić information content (AvgIpc) is 2.55. The molecule has 2 rings (SSSR count). The number of hydrogen-bond acceptors (Lipinski definition) is 3. The first-order valence-electron chi connectivity index (χ1n) is 6.58. The van der Waals surface area contributed by atoms with E-state index in [4.69, 9.17) is 7.80 Å². The van der Waals surface area contributed by atoms with Crippen LogP contribution in [0.1, 0.15) is 17.0 Å². The minimum absolute atomic E-state index is 0.352. The van der Waals surface area contributed by atoms with Crippen molar-refractivity contribution < 1.29 is 17.0 Å².